The lowest BCUT2D eigenvalue weighted by Gasteiger charge is -2.10. The monoisotopic (exact) mass is 317 g/mol. The van der Waals surface area contributed by atoms with Crippen LogP contribution in [0.4, 0.5) is 0 Å². The predicted molar refractivity (Wildman–Crippen MR) is 71.8 cm³/mol. The number of hydrogen-bond acceptors (Lipinski definition) is 6. The molecule has 0 saturated heterocycles. The summed E-state index contributed by atoms with van der Waals surface area (Å²) in [6.45, 7) is 4.17. The number of rotatable bonds is 4. The van der Waals surface area contributed by atoms with E-state index in [9.17, 15) is 13.2 Å². The molecule has 0 aliphatic heterocycles. The van der Waals surface area contributed by atoms with Gasteiger partial charge in [-0.1, -0.05) is 13.8 Å². The van der Waals surface area contributed by atoms with Gasteiger partial charge in [0.2, 0.25) is 0 Å². The van der Waals surface area contributed by atoms with Gasteiger partial charge in [0.05, 0.1) is 0 Å². The van der Waals surface area contributed by atoms with E-state index in [0.29, 0.717) is 12.2 Å². The Hall–Kier alpha value is -1.74. The summed E-state index contributed by atoms with van der Waals surface area (Å²) >= 11 is 0. The van der Waals surface area contributed by atoms with Crippen molar-refractivity contribution in [2.24, 2.45) is 5.92 Å². The quantitative estimate of drug-likeness (QED) is 0.827. The highest BCUT2D eigenvalue weighted by Gasteiger charge is 2.24. The third kappa shape index (κ3) is 3.05. The SMILES string of the molecule is CC(C)Cn1c(-c2ccc(=O)[nH]n2)nnc1S(=O)(=O)Cl. The van der Waals surface area contributed by atoms with Crippen LogP contribution in [0.1, 0.15) is 13.8 Å². The van der Waals surface area contributed by atoms with Crippen LogP contribution in [-0.4, -0.2) is 33.4 Å². The van der Waals surface area contributed by atoms with E-state index >= 15 is 0 Å². The van der Waals surface area contributed by atoms with Crippen LogP contribution in [0.15, 0.2) is 22.1 Å². The summed E-state index contributed by atoms with van der Waals surface area (Å²) in [7, 11) is 1.33. The van der Waals surface area contributed by atoms with Gasteiger partial charge in [0.15, 0.2) is 5.82 Å². The molecule has 0 aliphatic rings. The largest absolute Gasteiger partial charge is 0.296 e. The Kier molecular flexibility index (Phi) is 3.91. The van der Waals surface area contributed by atoms with Gasteiger partial charge in [-0.15, -0.1) is 10.2 Å². The number of nitrogens with one attached hydrogen (secondary N) is 1. The van der Waals surface area contributed by atoms with Crippen LogP contribution in [0.2, 0.25) is 0 Å². The molecule has 8 nitrogen and oxygen atoms in total. The molecule has 0 radical (unpaired) electrons. The van der Waals surface area contributed by atoms with Gasteiger partial charge in [-0.25, -0.2) is 13.5 Å². The molecular formula is C10H12ClN5O3S. The summed E-state index contributed by atoms with van der Waals surface area (Å²) in [6, 6.07) is 2.70. The van der Waals surface area contributed by atoms with E-state index in [1.165, 1.54) is 16.7 Å². The average molecular weight is 318 g/mol. The summed E-state index contributed by atoms with van der Waals surface area (Å²) in [6.07, 6.45) is 0. The minimum absolute atomic E-state index is 0.143. The molecule has 0 fully saturated rings. The van der Waals surface area contributed by atoms with Crippen molar-refractivity contribution < 1.29 is 8.42 Å². The van der Waals surface area contributed by atoms with Crippen molar-refractivity contribution >= 4 is 19.7 Å². The standard InChI is InChI=1S/C10H12ClN5O3S/c1-6(2)5-16-9(7-3-4-8(17)13-12-7)14-15-10(16)20(11,18)19/h3-4,6H,5H2,1-2H3,(H,13,17). The Balaban J connectivity index is 2.61. The lowest BCUT2D eigenvalue weighted by molar-refractivity contribution is 0.488. The number of H-pyrrole nitrogens is 1. The number of aromatic nitrogens is 5. The van der Waals surface area contributed by atoms with Crippen molar-refractivity contribution in [2.45, 2.75) is 25.5 Å². The van der Waals surface area contributed by atoms with Crippen molar-refractivity contribution in [1.29, 1.82) is 0 Å². The molecule has 0 atom stereocenters. The Morgan fingerprint density at radius 2 is 2.05 bits per heavy atom. The fourth-order valence-electron chi connectivity index (χ4n) is 1.66. The van der Waals surface area contributed by atoms with E-state index in [0.717, 1.165) is 0 Å². The average Bonchev–Trinajstić information content (AvgIpc) is 2.72. The molecule has 2 heterocycles. The Morgan fingerprint density at radius 1 is 1.35 bits per heavy atom. The fraction of sp³-hybridized carbons (Fsp3) is 0.400. The minimum Gasteiger partial charge on any atom is -0.295 e. The third-order valence-electron chi connectivity index (χ3n) is 2.39. The number of halogens is 1. The summed E-state index contributed by atoms with van der Waals surface area (Å²) in [5, 5.41) is 13.1. The highest BCUT2D eigenvalue weighted by Crippen LogP contribution is 2.21. The Morgan fingerprint density at radius 3 is 2.55 bits per heavy atom. The molecule has 10 heteroatoms. The molecule has 0 spiro atoms. The van der Waals surface area contributed by atoms with E-state index in [4.69, 9.17) is 10.7 Å². The molecule has 0 aliphatic carbocycles. The Bertz CT molecular complexity index is 760. The first kappa shape index (κ1) is 14.7. The normalized spacial score (nSPS) is 12.0. The first-order chi connectivity index (χ1) is 9.29. The number of aromatic amines is 1. The van der Waals surface area contributed by atoms with Crippen molar-refractivity contribution in [3.05, 3.63) is 22.5 Å². The molecule has 20 heavy (non-hydrogen) atoms. The van der Waals surface area contributed by atoms with Gasteiger partial charge >= 0.3 is 0 Å². The minimum atomic E-state index is -4.01. The molecule has 2 aromatic heterocycles. The number of hydrogen-bond donors (Lipinski definition) is 1. The van der Waals surface area contributed by atoms with Crippen LogP contribution in [-0.2, 0) is 15.6 Å². The lowest BCUT2D eigenvalue weighted by Crippen LogP contribution is -2.13. The highest BCUT2D eigenvalue weighted by atomic mass is 35.7. The van der Waals surface area contributed by atoms with Gasteiger partial charge < -0.3 is 0 Å². The van der Waals surface area contributed by atoms with E-state index < -0.39 is 9.05 Å². The fourth-order valence-corrected chi connectivity index (χ4v) is 2.56. The highest BCUT2D eigenvalue weighted by molar-refractivity contribution is 8.13. The van der Waals surface area contributed by atoms with Gasteiger partial charge in [-0.05, 0) is 12.0 Å². The van der Waals surface area contributed by atoms with E-state index in [1.807, 2.05) is 13.8 Å². The first-order valence-corrected chi connectivity index (χ1v) is 8.04. The van der Waals surface area contributed by atoms with Crippen LogP contribution >= 0.6 is 10.7 Å². The van der Waals surface area contributed by atoms with E-state index in [-0.39, 0.29) is 22.5 Å². The molecule has 1 N–H and O–H groups in total. The van der Waals surface area contributed by atoms with Crippen molar-refractivity contribution in [1.82, 2.24) is 25.0 Å². The molecular weight excluding hydrogens is 306 g/mol. The zero-order valence-electron chi connectivity index (χ0n) is 10.7. The second-order valence-electron chi connectivity index (χ2n) is 4.55. The van der Waals surface area contributed by atoms with Crippen LogP contribution in [0, 0.1) is 5.92 Å². The molecule has 2 aromatic rings. The van der Waals surface area contributed by atoms with Crippen molar-refractivity contribution in [3.63, 3.8) is 0 Å². The van der Waals surface area contributed by atoms with E-state index in [2.05, 4.69) is 20.4 Å². The van der Waals surface area contributed by atoms with Crippen LogP contribution in [0.25, 0.3) is 11.5 Å². The molecule has 0 unspecified atom stereocenters. The summed E-state index contributed by atoms with van der Waals surface area (Å²) in [5.41, 5.74) is -0.0572. The molecule has 0 aromatic carbocycles. The van der Waals surface area contributed by atoms with Crippen LogP contribution < -0.4 is 5.56 Å². The van der Waals surface area contributed by atoms with Gasteiger partial charge in [-0.3, -0.25) is 9.36 Å². The van der Waals surface area contributed by atoms with E-state index in [1.54, 1.807) is 0 Å². The number of nitrogens with zero attached hydrogens (tertiary/aromatic N) is 4. The van der Waals surface area contributed by atoms with Crippen molar-refractivity contribution in [2.75, 3.05) is 0 Å². The topological polar surface area (TPSA) is 111 Å². The Labute approximate surface area is 119 Å². The maximum atomic E-state index is 11.5. The predicted octanol–water partition coefficient (Wildman–Crippen LogP) is 0.612. The van der Waals surface area contributed by atoms with Gasteiger partial charge in [0.25, 0.3) is 19.8 Å². The first-order valence-electron chi connectivity index (χ1n) is 5.73. The van der Waals surface area contributed by atoms with Crippen molar-refractivity contribution in [3.8, 4) is 11.5 Å². The van der Waals surface area contributed by atoms with Crippen LogP contribution in [0.5, 0.6) is 0 Å². The molecule has 0 saturated carbocycles. The molecule has 0 bridgehead atoms. The maximum absolute atomic E-state index is 11.5. The zero-order chi connectivity index (χ0) is 14.9. The van der Waals surface area contributed by atoms with Gasteiger partial charge in [-0.2, -0.15) is 5.10 Å². The second-order valence-corrected chi connectivity index (χ2v) is 7.01. The van der Waals surface area contributed by atoms with Gasteiger partial charge in [0.1, 0.15) is 5.69 Å². The summed E-state index contributed by atoms with van der Waals surface area (Å²) in [4.78, 5) is 11.0. The summed E-state index contributed by atoms with van der Waals surface area (Å²) in [5.74, 6) is 0.374. The lowest BCUT2D eigenvalue weighted by atomic mass is 10.2. The van der Waals surface area contributed by atoms with Gasteiger partial charge in [0, 0.05) is 23.3 Å². The second kappa shape index (κ2) is 5.33. The molecule has 108 valence electrons. The summed E-state index contributed by atoms with van der Waals surface area (Å²) < 4.78 is 24.4. The smallest absolute Gasteiger partial charge is 0.295 e. The molecule has 0 amide bonds. The third-order valence-corrected chi connectivity index (χ3v) is 3.54. The van der Waals surface area contributed by atoms with Crippen LogP contribution in [0.3, 0.4) is 0 Å². The maximum Gasteiger partial charge on any atom is 0.296 e. The zero-order valence-corrected chi connectivity index (χ0v) is 12.3. The molecule has 2 rings (SSSR count).